The van der Waals surface area contributed by atoms with Crippen LogP contribution in [0.25, 0.3) is 11.3 Å². The number of aliphatic carboxylic acids is 1. The molecule has 1 aliphatic carbocycles. The Balaban J connectivity index is 1.76. The van der Waals surface area contributed by atoms with Gasteiger partial charge in [-0.3, -0.25) is 4.79 Å². The number of thiazole rings is 1. The van der Waals surface area contributed by atoms with Gasteiger partial charge in [0.1, 0.15) is 0 Å². The molecule has 3 rings (SSSR count). The molecule has 5 heteroatoms. The van der Waals surface area contributed by atoms with Gasteiger partial charge < -0.3 is 10.0 Å². The predicted octanol–water partition coefficient (Wildman–Crippen LogP) is 5.23. The minimum absolute atomic E-state index is 0.162. The van der Waals surface area contributed by atoms with Crippen LogP contribution in [-0.2, 0) is 11.2 Å². The molecule has 0 aliphatic heterocycles. The van der Waals surface area contributed by atoms with Gasteiger partial charge >= 0.3 is 5.97 Å². The Hall–Kier alpha value is -1.88. The van der Waals surface area contributed by atoms with Crippen molar-refractivity contribution >= 4 is 22.4 Å². The third-order valence-electron chi connectivity index (χ3n) is 4.96. The first-order valence-corrected chi connectivity index (χ1v) is 10.4. The van der Waals surface area contributed by atoms with E-state index in [4.69, 9.17) is 10.1 Å². The number of anilines is 1. The lowest BCUT2D eigenvalue weighted by atomic mass is 10.0. The molecular formula is C21H28N2O2S. The summed E-state index contributed by atoms with van der Waals surface area (Å²) in [5.41, 5.74) is 3.47. The van der Waals surface area contributed by atoms with Gasteiger partial charge in [0.05, 0.1) is 12.1 Å². The van der Waals surface area contributed by atoms with Crippen LogP contribution in [0.5, 0.6) is 0 Å². The van der Waals surface area contributed by atoms with Crippen molar-refractivity contribution in [3.63, 3.8) is 0 Å². The van der Waals surface area contributed by atoms with Gasteiger partial charge in [-0.25, -0.2) is 4.98 Å². The SMILES string of the molecule is CC(C)Cc1ccc(-c2csc(N(CCC(=O)O)C3CCCC3)n2)cc1. The fourth-order valence-corrected chi connectivity index (χ4v) is 4.61. The molecule has 0 spiro atoms. The van der Waals surface area contributed by atoms with Crippen LogP contribution in [0.4, 0.5) is 5.13 Å². The maximum Gasteiger partial charge on any atom is 0.305 e. The van der Waals surface area contributed by atoms with E-state index in [2.05, 4.69) is 48.4 Å². The van der Waals surface area contributed by atoms with E-state index < -0.39 is 5.97 Å². The van der Waals surface area contributed by atoms with E-state index in [-0.39, 0.29) is 6.42 Å². The number of carboxylic acids is 1. The van der Waals surface area contributed by atoms with Crippen LogP contribution in [0.1, 0.15) is 51.5 Å². The molecule has 0 amide bonds. The highest BCUT2D eigenvalue weighted by Gasteiger charge is 2.25. The summed E-state index contributed by atoms with van der Waals surface area (Å²) in [5, 5.41) is 12.1. The maximum atomic E-state index is 11.0. The van der Waals surface area contributed by atoms with E-state index in [0.717, 1.165) is 35.7 Å². The Morgan fingerprint density at radius 3 is 2.58 bits per heavy atom. The molecule has 1 N–H and O–H groups in total. The smallest absolute Gasteiger partial charge is 0.305 e. The van der Waals surface area contributed by atoms with Crippen LogP contribution in [-0.4, -0.2) is 28.6 Å². The lowest BCUT2D eigenvalue weighted by molar-refractivity contribution is -0.136. The van der Waals surface area contributed by atoms with Gasteiger partial charge in [0, 0.05) is 23.5 Å². The second-order valence-electron chi connectivity index (χ2n) is 7.59. The van der Waals surface area contributed by atoms with Crippen LogP contribution >= 0.6 is 11.3 Å². The van der Waals surface area contributed by atoms with Gasteiger partial charge in [0.2, 0.25) is 0 Å². The van der Waals surface area contributed by atoms with E-state index in [0.29, 0.717) is 18.5 Å². The summed E-state index contributed by atoms with van der Waals surface area (Å²) in [6, 6.07) is 9.10. The number of benzene rings is 1. The monoisotopic (exact) mass is 372 g/mol. The number of hydrogen-bond donors (Lipinski definition) is 1. The van der Waals surface area contributed by atoms with Crippen molar-refractivity contribution in [2.45, 2.75) is 58.4 Å². The predicted molar refractivity (Wildman–Crippen MR) is 108 cm³/mol. The molecule has 1 aromatic carbocycles. The Morgan fingerprint density at radius 2 is 1.96 bits per heavy atom. The fraction of sp³-hybridized carbons (Fsp3) is 0.524. The molecule has 0 saturated heterocycles. The molecule has 0 bridgehead atoms. The topological polar surface area (TPSA) is 53.4 Å². The van der Waals surface area contributed by atoms with Crippen molar-refractivity contribution in [2.75, 3.05) is 11.4 Å². The van der Waals surface area contributed by atoms with Crippen molar-refractivity contribution in [3.8, 4) is 11.3 Å². The van der Waals surface area contributed by atoms with Gasteiger partial charge in [-0.05, 0) is 30.7 Å². The minimum Gasteiger partial charge on any atom is -0.481 e. The molecule has 0 unspecified atom stereocenters. The van der Waals surface area contributed by atoms with E-state index in [1.807, 2.05) is 0 Å². The van der Waals surface area contributed by atoms with E-state index in [1.165, 1.54) is 18.4 Å². The van der Waals surface area contributed by atoms with Crippen LogP contribution in [0.2, 0.25) is 0 Å². The highest BCUT2D eigenvalue weighted by Crippen LogP contribution is 2.33. The zero-order chi connectivity index (χ0) is 18.5. The summed E-state index contributed by atoms with van der Waals surface area (Å²) in [7, 11) is 0. The van der Waals surface area contributed by atoms with Gasteiger partial charge in [0.15, 0.2) is 5.13 Å². The Bertz CT molecular complexity index is 718. The number of hydrogen-bond acceptors (Lipinski definition) is 4. The number of aromatic nitrogens is 1. The molecule has 1 saturated carbocycles. The molecular weight excluding hydrogens is 344 g/mol. The number of nitrogens with zero attached hydrogens (tertiary/aromatic N) is 2. The van der Waals surface area contributed by atoms with Gasteiger partial charge in [0.25, 0.3) is 0 Å². The number of carbonyl (C=O) groups is 1. The molecule has 26 heavy (non-hydrogen) atoms. The third-order valence-corrected chi connectivity index (χ3v) is 5.84. The summed E-state index contributed by atoms with van der Waals surface area (Å²) in [6.07, 6.45) is 5.98. The largest absolute Gasteiger partial charge is 0.481 e. The molecule has 4 nitrogen and oxygen atoms in total. The van der Waals surface area contributed by atoms with E-state index in [1.54, 1.807) is 11.3 Å². The molecule has 1 aromatic heterocycles. The van der Waals surface area contributed by atoms with Crippen LogP contribution in [0.15, 0.2) is 29.6 Å². The highest BCUT2D eigenvalue weighted by atomic mass is 32.1. The standard InChI is InChI=1S/C21H28N2O2S/c1-15(2)13-16-7-9-17(10-8-16)19-14-26-21(22-19)23(12-11-20(24)25)18-5-3-4-6-18/h7-10,14-15,18H,3-6,11-13H2,1-2H3,(H,24,25). The van der Waals surface area contributed by atoms with Crippen LogP contribution < -0.4 is 4.90 Å². The maximum absolute atomic E-state index is 11.0. The first-order valence-electron chi connectivity index (χ1n) is 9.56. The molecule has 1 aliphatic rings. The van der Waals surface area contributed by atoms with Gasteiger partial charge in [-0.1, -0.05) is 51.0 Å². The minimum atomic E-state index is -0.745. The normalized spacial score (nSPS) is 14.9. The Labute approximate surface area is 159 Å². The molecule has 2 aromatic rings. The Kier molecular flexibility index (Phi) is 6.30. The molecule has 1 fully saturated rings. The van der Waals surface area contributed by atoms with E-state index in [9.17, 15) is 4.79 Å². The zero-order valence-corrected chi connectivity index (χ0v) is 16.5. The first kappa shape index (κ1) is 18.9. The zero-order valence-electron chi connectivity index (χ0n) is 15.6. The summed E-state index contributed by atoms with van der Waals surface area (Å²) in [4.78, 5) is 18.1. The van der Waals surface area contributed by atoms with Crippen molar-refractivity contribution in [1.82, 2.24) is 4.98 Å². The number of rotatable bonds is 8. The van der Waals surface area contributed by atoms with Gasteiger partial charge in [-0.15, -0.1) is 11.3 Å². The molecule has 0 atom stereocenters. The second-order valence-corrected chi connectivity index (χ2v) is 8.42. The molecule has 140 valence electrons. The number of carboxylic acid groups (broad SMARTS) is 1. The fourth-order valence-electron chi connectivity index (χ4n) is 3.68. The van der Waals surface area contributed by atoms with Gasteiger partial charge in [-0.2, -0.15) is 0 Å². The average molecular weight is 373 g/mol. The van der Waals surface area contributed by atoms with Crippen LogP contribution in [0, 0.1) is 5.92 Å². The first-order chi connectivity index (χ1) is 12.5. The van der Waals surface area contributed by atoms with Crippen molar-refractivity contribution < 1.29 is 9.90 Å². The van der Waals surface area contributed by atoms with Crippen molar-refractivity contribution in [1.29, 1.82) is 0 Å². The Morgan fingerprint density at radius 1 is 1.27 bits per heavy atom. The summed E-state index contributed by atoms with van der Waals surface area (Å²) in [6.45, 7) is 5.00. The highest BCUT2D eigenvalue weighted by molar-refractivity contribution is 7.14. The summed E-state index contributed by atoms with van der Waals surface area (Å²) in [5.74, 6) is -0.0913. The third kappa shape index (κ3) is 4.85. The molecule has 0 radical (unpaired) electrons. The lowest BCUT2D eigenvalue weighted by Gasteiger charge is -2.28. The van der Waals surface area contributed by atoms with Crippen molar-refractivity contribution in [2.24, 2.45) is 5.92 Å². The quantitative estimate of drug-likeness (QED) is 0.689. The summed E-state index contributed by atoms with van der Waals surface area (Å²) < 4.78 is 0. The molecule has 1 heterocycles. The second kappa shape index (κ2) is 8.67. The van der Waals surface area contributed by atoms with Crippen LogP contribution in [0.3, 0.4) is 0 Å². The van der Waals surface area contributed by atoms with Crippen molar-refractivity contribution in [3.05, 3.63) is 35.2 Å². The summed E-state index contributed by atoms with van der Waals surface area (Å²) >= 11 is 1.63. The average Bonchev–Trinajstić information content (AvgIpc) is 3.27. The van der Waals surface area contributed by atoms with E-state index >= 15 is 0 Å². The lowest BCUT2D eigenvalue weighted by Crippen LogP contribution is -2.35.